The third kappa shape index (κ3) is 2.97. The molecule has 0 aromatic heterocycles. The van der Waals surface area contributed by atoms with E-state index in [-0.39, 0.29) is 5.91 Å². The molecule has 1 aromatic carbocycles. The zero-order chi connectivity index (χ0) is 14.8. The summed E-state index contributed by atoms with van der Waals surface area (Å²) in [4.78, 5) is 16.8. The number of para-hydroxylation sites is 1. The minimum Gasteiger partial charge on any atom is -0.330 e. The number of likely N-dealkylation sites (tertiary alicyclic amines) is 1. The Labute approximate surface area is 126 Å². The molecule has 0 radical (unpaired) electrons. The van der Waals surface area contributed by atoms with Crippen LogP contribution in [0.4, 0.5) is 5.69 Å². The van der Waals surface area contributed by atoms with Crippen LogP contribution in [-0.2, 0) is 11.2 Å². The van der Waals surface area contributed by atoms with Crippen LogP contribution >= 0.6 is 0 Å². The van der Waals surface area contributed by atoms with Gasteiger partial charge in [-0.2, -0.15) is 0 Å². The fourth-order valence-corrected chi connectivity index (χ4v) is 3.55. The normalized spacial score (nSPS) is 25.9. The van der Waals surface area contributed by atoms with Crippen LogP contribution in [0.2, 0.25) is 0 Å². The van der Waals surface area contributed by atoms with Crippen LogP contribution in [0.25, 0.3) is 0 Å². The Morgan fingerprint density at radius 3 is 2.95 bits per heavy atom. The summed E-state index contributed by atoms with van der Waals surface area (Å²) in [6.07, 6.45) is 2.12. The number of nitrogens with two attached hydrogens (primary N) is 1. The summed E-state index contributed by atoms with van der Waals surface area (Å²) in [5.74, 6) is 1.43. The number of fused-ring (bicyclic) bond motifs is 1. The van der Waals surface area contributed by atoms with Crippen molar-refractivity contribution in [2.45, 2.75) is 19.8 Å². The number of amides is 1. The second-order valence-electron chi connectivity index (χ2n) is 6.42. The van der Waals surface area contributed by atoms with E-state index in [1.54, 1.807) is 0 Å². The topological polar surface area (TPSA) is 49.6 Å². The number of carbonyl (C=O) groups excluding carboxylic acids is 1. The maximum absolute atomic E-state index is 12.6. The van der Waals surface area contributed by atoms with Gasteiger partial charge in [-0.15, -0.1) is 0 Å². The number of hydrogen-bond acceptors (Lipinski definition) is 3. The second-order valence-corrected chi connectivity index (χ2v) is 6.42. The van der Waals surface area contributed by atoms with Gasteiger partial charge in [0.25, 0.3) is 0 Å². The highest BCUT2D eigenvalue weighted by Gasteiger charge is 2.29. The first-order valence-corrected chi connectivity index (χ1v) is 7.99. The number of anilines is 1. The van der Waals surface area contributed by atoms with Crippen LogP contribution in [0.15, 0.2) is 24.3 Å². The van der Waals surface area contributed by atoms with Gasteiger partial charge in [-0.05, 0) is 49.4 Å². The number of carbonyl (C=O) groups is 1. The fourth-order valence-electron chi connectivity index (χ4n) is 3.55. The molecule has 2 heterocycles. The smallest absolute Gasteiger partial charge is 0.241 e. The average molecular weight is 287 g/mol. The predicted octanol–water partition coefficient (Wildman–Crippen LogP) is 1.49. The third-order valence-electron chi connectivity index (χ3n) is 5.05. The lowest BCUT2D eigenvalue weighted by atomic mass is 9.87. The Morgan fingerprint density at radius 2 is 2.14 bits per heavy atom. The molecule has 4 heteroatoms. The lowest BCUT2D eigenvalue weighted by Gasteiger charge is -2.36. The number of piperidine rings is 1. The molecule has 0 bridgehead atoms. The summed E-state index contributed by atoms with van der Waals surface area (Å²) < 4.78 is 0. The molecule has 1 saturated heterocycles. The van der Waals surface area contributed by atoms with Crippen LogP contribution in [0.1, 0.15) is 18.9 Å². The third-order valence-corrected chi connectivity index (χ3v) is 5.05. The van der Waals surface area contributed by atoms with E-state index in [1.165, 1.54) is 5.56 Å². The minimum atomic E-state index is 0.227. The molecule has 2 aliphatic heterocycles. The van der Waals surface area contributed by atoms with Crippen molar-refractivity contribution in [1.82, 2.24) is 4.90 Å². The van der Waals surface area contributed by atoms with Crippen LogP contribution < -0.4 is 10.6 Å². The lowest BCUT2D eigenvalue weighted by molar-refractivity contribution is -0.120. The Bertz CT molecular complexity index is 517. The van der Waals surface area contributed by atoms with Crippen molar-refractivity contribution in [1.29, 1.82) is 0 Å². The maximum Gasteiger partial charge on any atom is 0.241 e. The minimum absolute atomic E-state index is 0.227. The zero-order valence-corrected chi connectivity index (χ0v) is 12.8. The van der Waals surface area contributed by atoms with Gasteiger partial charge < -0.3 is 10.6 Å². The quantitative estimate of drug-likeness (QED) is 0.916. The molecule has 114 valence electrons. The highest BCUT2D eigenvalue weighted by atomic mass is 16.2. The van der Waals surface area contributed by atoms with Crippen molar-refractivity contribution in [2.24, 2.45) is 17.6 Å². The Hall–Kier alpha value is -1.39. The first-order chi connectivity index (χ1) is 10.2. The first-order valence-electron chi connectivity index (χ1n) is 7.99. The monoisotopic (exact) mass is 287 g/mol. The molecule has 2 unspecified atom stereocenters. The van der Waals surface area contributed by atoms with Crippen molar-refractivity contribution in [3.63, 3.8) is 0 Å². The van der Waals surface area contributed by atoms with Crippen molar-refractivity contribution < 1.29 is 4.79 Å². The Kier molecular flexibility index (Phi) is 4.27. The molecule has 0 spiro atoms. The summed E-state index contributed by atoms with van der Waals surface area (Å²) in [5.41, 5.74) is 8.24. The Morgan fingerprint density at radius 1 is 1.33 bits per heavy atom. The Balaban J connectivity index is 1.63. The largest absolute Gasteiger partial charge is 0.330 e. The molecule has 1 fully saturated rings. The molecule has 3 rings (SSSR count). The summed E-state index contributed by atoms with van der Waals surface area (Å²) in [7, 11) is 0. The SMILES string of the molecule is CC1CCN(CC(=O)N2CCc3ccccc32)CC1CN. The van der Waals surface area contributed by atoms with Crippen molar-refractivity contribution >= 4 is 11.6 Å². The van der Waals surface area contributed by atoms with E-state index in [0.717, 1.165) is 44.7 Å². The highest BCUT2D eigenvalue weighted by molar-refractivity contribution is 5.96. The molecule has 4 nitrogen and oxygen atoms in total. The van der Waals surface area contributed by atoms with Gasteiger partial charge in [0.05, 0.1) is 6.54 Å². The van der Waals surface area contributed by atoms with Crippen LogP contribution in [0.3, 0.4) is 0 Å². The van der Waals surface area contributed by atoms with E-state index < -0.39 is 0 Å². The van der Waals surface area contributed by atoms with E-state index in [9.17, 15) is 4.79 Å². The summed E-state index contributed by atoms with van der Waals surface area (Å²) in [6.45, 7) is 6.31. The average Bonchev–Trinajstić information content (AvgIpc) is 2.93. The molecule has 2 aliphatic rings. The van der Waals surface area contributed by atoms with Gasteiger partial charge in [0.1, 0.15) is 0 Å². The van der Waals surface area contributed by atoms with E-state index in [1.807, 2.05) is 17.0 Å². The molecule has 21 heavy (non-hydrogen) atoms. The fraction of sp³-hybridized carbons (Fsp3) is 0.588. The summed E-state index contributed by atoms with van der Waals surface area (Å²) in [6, 6.07) is 8.24. The predicted molar refractivity (Wildman–Crippen MR) is 85.3 cm³/mol. The van der Waals surface area contributed by atoms with Gasteiger partial charge >= 0.3 is 0 Å². The van der Waals surface area contributed by atoms with Crippen LogP contribution in [0.5, 0.6) is 0 Å². The van der Waals surface area contributed by atoms with Gasteiger partial charge in [-0.3, -0.25) is 9.69 Å². The zero-order valence-electron chi connectivity index (χ0n) is 12.8. The molecular formula is C17H25N3O. The van der Waals surface area contributed by atoms with Gasteiger partial charge in [0.15, 0.2) is 0 Å². The van der Waals surface area contributed by atoms with Crippen molar-refractivity contribution in [2.75, 3.05) is 37.6 Å². The maximum atomic E-state index is 12.6. The first kappa shape index (κ1) is 14.5. The van der Waals surface area contributed by atoms with E-state index >= 15 is 0 Å². The van der Waals surface area contributed by atoms with Crippen molar-refractivity contribution in [3.8, 4) is 0 Å². The molecule has 0 saturated carbocycles. The number of nitrogens with zero attached hydrogens (tertiary/aromatic N) is 2. The van der Waals surface area contributed by atoms with Gasteiger partial charge in [0.2, 0.25) is 5.91 Å². The van der Waals surface area contributed by atoms with Crippen molar-refractivity contribution in [3.05, 3.63) is 29.8 Å². The summed E-state index contributed by atoms with van der Waals surface area (Å²) >= 11 is 0. The number of rotatable bonds is 3. The van der Waals surface area contributed by atoms with E-state index in [0.29, 0.717) is 18.4 Å². The summed E-state index contributed by atoms with van der Waals surface area (Å²) in [5, 5.41) is 0. The van der Waals surface area contributed by atoms with Gasteiger partial charge in [-0.1, -0.05) is 25.1 Å². The molecule has 2 N–H and O–H groups in total. The molecule has 1 amide bonds. The number of hydrogen-bond donors (Lipinski definition) is 1. The van der Waals surface area contributed by atoms with Gasteiger partial charge in [-0.25, -0.2) is 0 Å². The molecular weight excluding hydrogens is 262 g/mol. The van der Waals surface area contributed by atoms with Crippen LogP contribution in [0, 0.1) is 11.8 Å². The molecule has 1 aromatic rings. The standard InChI is InChI=1S/C17H25N3O/c1-13-6-8-19(11-15(13)10-18)12-17(21)20-9-7-14-4-2-3-5-16(14)20/h2-5,13,15H,6-12,18H2,1H3. The molecule has 0 aliphatic carbocycles. The van der Waals surface area contributed by atoms with E-state index in [4.69, 9.17) is 5.73 Å². The highest BCUT2D eigenvalue weighted by Crippen LogP contribution is 2.28. The van der Waals surface area contributed by atoms with Crippen LogP contribution in [-0.4, -0.2) is 43.5 Å². The van der Waals surface area contributed by atoms with E-state index in [2.05, 4.69) is 24.0 Å². The number of benzene rings is 1. The van der Waals surface area contributed by atoms with Gasteiger partial charge in [0, 0.05) is 18.8 Å². The lowest BCUT2D eigenvalue weighted by Crippen LogP contribution is -2.47. The molecule has 2 atom stereocenters. The second kappa shape index (κ2) is 6.16.